The van der Waals surface area contributed by atoms with Gasteiger partial charge in [0.15, 0.2) is 11.5 Å². The molecule has 7 nitrogen and oxygen atoms in total. The van der Waals surface area contributed by atoms with Crippen molar-refractivity contribution >= 4 is 39.1 Å². The van der Waals surface area contributed by atoms with E-state index in [-0.39, 0.29) is 11.4 Å². The fraction of sp³-hybridized carbons (Fsp3) is 0.269. The number of halogens is 2. The van der Waals surface area contributed by atoms with Gasteiger partial charge in [0.2, 0.25) is 15.9 Å². The molecule has 0 saturated carbocycles. The Labute approximate surface area is 222 Å². The van der Waals surface area contributed by atoms with Gasteiger partial charge in [-0.25, -0.2) is 8.42 Å². The second-order valence-corrected chi connectivity index (χ2v) is 11.0. The van der Waals surface area contributed by atoms with E-state index in [1.165, 1.54) is 19.2 Å². The Kier molecular flexibility index (Phi) is 9.24. The maximum Gasteiger partial charge on any atom is 0.243 e. The number of amides is 1. The van der Waals surface area contributed by atoms with E-state index in [0.29, 0.717) is 27.1 Å². The van der Waals surface area contributed by atoms with Crippen LogP contribution >= 0.6 is 23.2 Å². The fourth-order valence-corrected chi connectivity index (χ4v) is 5.28. The number of aryl methyl sites for hydroxylation is 1. The van der Waals surface area contributed by atoms with Crippen molar-refractivity contribution in [3.63, 3.8) is 0 Å². The average molecular weight is 551 g/mol. The summed E-state index contributed by atoms with van der Waals surface area (Å²) >= 11 is 12.1. The van der Waals surface area contributed by atoms with Gasteiger partial charge in [-0.1, -0.05) is 53.0 Å². The van der Waals surface area contributed by atoms with E-state index in [9.17, 15) is 13.2 Å². The van der Waals surface area contributed by atoms with Crippen molar-refractivity contribution in [2.45, 2.75) is 31.3 Å². The van der Waals surface area contributed by atoms with Gasteiger partial charge in [-0.2, -0.15) is 4.31 Å². The van der Waals surface area contributed by atoms with Crippen LogP contribution in [0.3, 0.4) is 0 Å². The van der Waals surface area contributed by atoms with Crippen molar-refractivity contribution < 1.29 is 22.7 Å². The molecule has 192 valence electrons. The standard InChI is InChI=1S/C26H28Cl2N2O5S/c1-17-5-9-21(10-6-17)36(32,33)30(15-19-7-11-22(27)23(28)13-19)16-26(31)29-18(2)20-8-12-24(34-3)25(14-20)35-4/h5-14,18H,15-16H2,1-4H3,(H,29,31)/t18-/m1/s1. The summed E-state index contributed by atoms with van der Waals surface area (Å²) in [7, 11) is -0.923. The lowest BCUT2D eigenvalue weighted by Crippen LogP contribution is -2.41. The molecule has 3 aromatic rings. The summed E-state index contributed by atoms with van der Waals surface area (Å²) in [6.07, 6.45) is 0. The summed E-state index contributed by atoms with van der Waals surface area (Å²) in [5.74, 6) is 0.629. The number of rotatable bonds is 10. The van der Waals surface area contributed by atoms with Crippen LogP contribution in [0.1, 0.15) is 29.7 Å². The SMILES string of the molecule is COc1ccc([C@@H](C)NC(=O)CN(Cc2ccc(Cl)c(Cl)c2)S(=O)(=O)c2ccc(C)cc2)cc1OC. The molecule has 0 aliphatic heterocycles. The number of nitrogens with zero attached hydrogens (tertiary/aromatic N) is 1. The van der Waals surface area contributed by atoms with Crippen LogP contribution in [-0.4, -0.2) is 39.4 Å². The summed E-state index contributed by atoms with van der Waals surface area (Å²) in [6, 6.07) is 16.2. The Hall–Kier alpha value is -2.78. The molecule has 1 atom stereocenters. The fourth-order valence-electron chi connectivity index (χ4n) is 3.58. The zero-order valence-electron chi connectivity index (χ0n) is 20.4. The number of hydrogen-bond acceptors (Lipinski definition) is 5. The monoisotopic (exact) mass is 550 g/mol. The molecule has 0 aromatic heterocycles. The van der Waals surface area contributed by atoms with Crippen LogP contribution in [0.5, 0.6) is 11.5 Å². The molecule has 1 amide bonds. The van der Waals surface area contributed by atoms with E-state index < -0.39 is 28.5 Å². The van der Waals surface area contributed by atoms with Gasteiger partial charge in [0, 0.05) is 6.54 Å². The summed E-state index contributed by atoms with van der Waals surface area (Å²) in [5, 5.41) is 3.52. The first-order chi connectivity index (χ1) is 17.0. The highest BCUT2D eigenvalue weighted by atomic mass is 35.5. The van der Waals surface area contributed by atoms with Crippen LogP contribution in [0.25, 0.3) is 0 Å². The van der Waals surface area contributed by atoms with Gasteiger partial charge in [0.25, 0.3) is 0 Å². The molecule has 36 heavy (non-hydrogen) atoms. The molecule has 1 N–H and O–H groups in total. The van der Waals surface area contributed by atoms with Crippen LogP contribution < -0.4 is 14.8 Å². The molecular weight excluding hydrogens is 523 g/mol. The van der Waals surface area contributed by atoms with Crippen LogP contribution in [0.15, 0.2) is 65.6 Å². The maximum absolute atomic E-state index is 13.5. The van der Waals surface area contributed by atoms with Crippen molar-refractivity contribution in [3.05, 3.63) is 87.4 Å². The first kappa shape index (κ1) is 27.8. The molecule has 0 saturated heterocycles. The first-order valence-electron chi connectivity index (χ1n) is 11.1. The minimum Gasteiger partial charge on any atom is -0.493 e. The largest absolute Gasteiger partial charge is 0.493 e. The summed E-state index contributed by atoms with van der Waals surface area (Å²) < 4.78 is 38.7. The van der Waals surface area contributed by atoms with Gasteiger partial charge < -0.3 is 14.8 Å². The highest BCUT2D eigenvalue weighted by Gasteiger charge is 2.28. The van der Waals surface area contributed by atoms with E-state index >= 15 is 0 Å². The maximum atomic E-state index is 13.5. The zero-order valence-corrected chi connectivity index (χ0v) is 22.7. The van der Waals surface area contributed by atoms with E-state index in [2.05, 4.69) is 5.32 Å². The van der Waals surface area contributed by atoms with E-state index in [4.69, 9.17) is 32.7 Å². The van der Waals surface area contributed by atoms with Crippen LogP contribution in [0.4, 0.5) is 0 Å². The number of methoxy groups -OCH3 is 2. The smallest absolute Gasteiger partial charge is 0.243 e. The quantitative estimate of drug-likeness (QED) is 0.366. The third kappa shape index (κ3) is 6.70. The lowest BCUT2D eigenvalue weighted by atomic mass is 10.1. The summed E-state index contributed by atoms with van der Waals surface area (Å²) in [6.45, 7) is 3.21. The van der Waals surface area contributed by atoms with Gasteiger partial charge in [0.05, 0.1) is 41.7 Å². The molecule has 0 spiro atoms. The van der Waals surface area contributed by atoms with Gasteiger partial charge >= 0.3 is 0 Å². The highest BCUT2D eigenvalue weighted by Crippen LogP contribution is 2.30. The van der Waals surface area contributed by atoms with Gasteiger partial charge in [-0.3, -0.25) is 4.79 Å². The molecule has 0 unspecified atom stereocenters. The molecule has 0 bridgehead atoms. The molecule has 0 fully saturated rings. The molecule has 0 aliphatic rings. The average Bonchev–Trinajstić information content (AvgIpc) is 2.85. The van der Waals surface area contributed by atoms with Crippen molar-refractivity contribution in [2.75, 3.05) is 20.8 Å². The van der Waals surface area contributed by atoms with E-state index in [1.807, 2.05) is 13.0 Å². The Balaban J connectivity index is 1.85. The number of nitrogens with one attached hydrogen (secondary N) is 1. The Bertz CT molecular complexity index is 1330. The molecule has 10 heteroatoms. The number of carbonyl (C=O) groups excluding carboxylic acids is 1. The van der Waals surface area contributed by atoms with Gasteiger partial charge in [-0.05, 0) is 61.4 Å². The second kappa shape index (κ2) is 12.0. The normalized spacial score (nSPS) is 12.3. The Morgan fingerprint density at radius 1 is 0.944 bits per heavy atom. The Morgan fingerprint density at radius 3 is 2.22 bits per heavy atom. The Morgan fingerprint density at radius 2 is 1.61 bits per heavy atom. The molecule has 3 aromatic carbocycles. The predicted octanol–water partition coefficient (Wildman–Crippen LogP) is 5.39. The van der Waals surface area contributed by atoms with Crippen molar-refractivity contribution in [3.8, 4) is 11.5 Å². The number of benzene rings is 3. The van der Waals surface area contributed by atoms with Crippen molar-refractivity contribution in [1.82, 2.24) is 9.62 Å². The van der Waals surface area contributed by atoms with Gasteiger partial charge in [0.1, 0.15) is 0 Å². The van der Waals surface area contributed by atoms with Crippen molar-refractivity contribution in [2.24, 2.45) is 0 Å². The number of carbonyl (C=O) groups is 1. The predicted molar refractivity (Wildman–Crippen MR) is 141 cm³/mol. The lowest BCUT2D eigenvalue weighted by molar-refractivity contribution is -0.122. The highest BCUT2D eigenvalue weighted by molar-refractivity contribution is 7.89. The number of sulfonamides is 1. The van der Waals surface area contributed by atoms with Crippen LogP contribution in [0.2, 0.25) is 10.0 Å². The first-order valence-corrected chi connectivity index (χ1v) is 13.3. The number of hydrogen-bond donors (Lipinski definition) is 1. The zero-order chi connectivity index (χ0) is 26.5. The topological polar surface area (TPSA) is 84.9 Å². The minimum absolute atomic E-state index is 0.0642. The summed E-state index contributed by atoms with van der Waals surface area (Å²) in [5.41, 5.74) is 2.30. The number of ether oxygens (including phenoxy) is 2. The third-order valence-corrected chi connectivity index (χ3v) is 8.15. The van der Waals surface area contributed by atoms with Gasteiger partial charge in [-0.15, -0.1) is 0 Å². The van der Waals surface area contributed by atoms with Crippen molar-refractivity contribution in [1.29, 1.82) is 0 Å². The van der Waals surface area contributed by atoms with Crippen LogP contribution in [0, 0.1) is 6.92 Å². The molecular formula is C26H28Cl2N2O5S. The van der Waals surface area contributed by atoms with E-state index in [1.54, 1.807) is 56.5 Å². The second-order valence-electron chi connectivity index (χ2n) is 8.24. The molecule has 3 rings (SSSR count). The molecule has 0 aliphatic carbocycles. The lowest BCUT2D eigenvalue weighted by Gasteiger charge is -2.24. The summed E-state index contributed by atoms with van der Waals surface area (Å²) in [4.78, 5) is 13.1. The molecule has 0 radical (unpaired) electrons. The van der Waals surface area contributed by atoms with Crippen LogP contribution in [-0.2, 0) is 21.4 Å². The molecule has 0 heterocycles. The minimum atomic E-state index is -3.99. The van der Waals surface area contributed by atoms with E-state index in [0.717, 1.165) is 15.4 Å². The third-order valence-electron chi connectivity index (χ3n) is 5.61.